The van der Waals surface area contributed by atoms with Crippen LogP contribution < -0.4 is 5.32 Å². The molecule has 2 aromatic heterocycles. The molecule has 0 bridgehead atoms. The number of aromatic nitrogens is 1. The topological polar surface area (TPSA) is 62.3 Å². The second-order valence-corrected chi connectivity index (χ2v) is 8.83. The number of aryl methyl sites for hydroxylation is 2. The summed E-state index contributed by atoms with van der Waals surface area (Å²) >= 11 is 8.71. The Morgan fingerprint density at radius 3 is 2.44 bits per heavy atom. The number of amides is 2. The van der Waals surface area contributed by atoms with Crippen LogP contribution in [0.4, 0.5) is 5.69 Å². The zero-order valence-corrected chi connectivity index (χ0v) is 17.5. The first-order chi connectivity index (χ1) is 12.8. The molecule has 3 aromatic rings. The minimum atomic E-state index is -0.248. The van der Waals surface area contributed by atoms with Crippen LogP contribution in [0.25, 0.3) is 9.88 Å². The van der Waals surface area contributed by atoms with Crippen molar-refractivity contribution < 1.29 is 9.59 Å². The molecular formula is C19H18ClN3O2S2. The zero-order valence-electron chi connectivity index (χ0n) is 15.1. The third-order valence-corrected chi connectivity index (χ3v) is 6.38. The van der Waals surface area contributed by atoms with Gasteiger partial charge in [0.2, 0.25) is 5.91 Å². The highest BCUT2D eigenvalue weighted by molar-refractivity contribution is 7.24. The van der Waals surface area contributed by atoms with Gasteiger partial charge in [-0.1, -0.05) is 29.3 Å². The largest absolute Gasteiger partial charge is 0.332 e. The fraction of sp³-hybridized carbons (Fsp3) is 0.211. The van der Waals surface area contributed by atoms with Crippen molar-refractivity contribution in [3.05, 3.63) is 56.9 Å². The number of thiophene rings is 1. The van der Waals surface area contributed by atoms with Crippen LogP contribution in [0.2, 0.25) is 4.34 Å². The van der Waals surface area contributed by atoms with Crippen LogP contribution >= 0.6 is 34.3 Å². The molecule has 0 radical (unpaired) electrons. The van der Waals surface area contributed by atoms with Gasteiger partial charge in [-0.15, -0.1) is 22.7 Å². The smallest absolute Gasteiger partial charge is 0.266 e. The van der Waals surface area contributed by atoms with E-state index in [1.54, 1.807) is 20.0 Å². The first-order valence-electron chi connectivity index (χ1n) is 8.18. The van der Waals surface area contributed by atoms with E-state index in [1.807, 2.05) is 37.3 Å². The third-order valence-electron chi connectivity index (χ3n) is 3.84. The van der Waals surface area contributed by atoms with Crippen molar-refractivity contribution in [1.29, 1.82) is 0 Å². The molecule has 0 fully saturated rings. The van der Waals surface area contributed by atoms with Gasteiger partial charge in [-0.2, -0.15) is 0 Å². The molecule has 1 N–H and O–H groups in total. The van der Waals surface area contributed by atoms with Crippen molar-refractivity contribution in [2.45, 2.75) is 13.8 Å². The molecule has 0 saturated heterocycles. The quantitative estimate of drug-likeness (QED) is 0.642. The number of carbonyl (C=O) groups is 2. The van der Waals surface area contributed by atoms with Gasteiger partial charge in [0.1, 0.15) is 9.88 Å². The van der Waals surface area contributed by atoms with E-state index in [-0.39, 0.29) is 18.4 Å². The summed E-state index contributed by atoms with van der Waals surface area (Å²) in [5, 5.41) is 3.55. The zero-order chi connectivity index (χ0) is 19.6. The average Bonchev–Trinajstić information content (AvgIpc) is 3.22. The lowest BCUT2D eigenvalue weighted by molar-refractivity contribution is -0.116. The molecule has 0 aliphatic carbocycles. The molecule has 0 atom stereocenters. The Hall–Kier alpha value is -2.22. The molecule has 0 unspecified atom stereocenters. The van der Waals surface area contributed by atoms with Gasteiger partial charge < -0.3 is 10.2 Å². The van der Waals surface area contributed by atoms with E-state index in [1.165, 1.54) is 27.6 Å². The number of likely N-dealkylation sites (N-methyl/N-ethyl adjacent to an activating group) is 1. The number of thiazole rings is 1. The molecule has 2 amide bonds. The standard InChI is InChI=1S/C19H18ClN3O2S2/c1-11-4-6-13(7-5-11)22-16(24)10-23(3)19(25)17-12(2)21-18(27-17)14-8-9-15(20)26-14/h4-9H,10H2,1-3H3,(H,22,24). The predicted molar refractivity (Wildman–Crippen MR) is 112 cm³/mol. The molecule has 0 saturated carbocycles. The highest BCUT2D eigenvalue weighted by atomic mass is 35.5. The van der Waals surface area contributed by atoms with Crippen molar-refractivity contribution >= 4 is 51.8 Å². The Morgan fingerprint density at radius 2 is 1.81 bits per heavy atom. The van der Waals surface area contributed by atoms with E-state index in [9.17, 15) is 9.59 Å². The number of carbonyl (C=O) groups excluding carboxylic acids is 2. The molecule has 5 nitrogen and oxygen atoms in total. The lowest BCUT2D eigenvalue weighted by Crippen LogP contribution is -2.34. The molecule has 0 spiro atoms. The summed E-state index contributed by atoms with van der Waals surface area (Å²) in [6, 6.07) is 11.2. The average molecular weight is 420 g/mol. The van der Waals surface area contributed by atoms with Crippen LogP contribution in [0.5, 0.6) is 0 Å². The van der Waals surface area contributed by atoms with Gasteiger partial charge in [0, 0.05) is 12.7 Å². The fourth-order valence-corrected chi connectivity index (χ4v) is 4.59. The van der Waals surface area contributed by atoms with Crippen LogP contribution in [-0.4, -0.2) is 35.3 Å². The normalized spacial score (nSPS) is 10.7. The molecule has 0 aliphatic heterocycles. The number of nitrogens with zero attached hydrogens (tertiary/aromatic N) is 2. The molecular weight excluding hydrogens is 402 g/mol. The summed E-state index contributed by atoms with van der Waals surface area (Å²) in [4.78, 5) is 32.3. The van der Waals surface area contributed by atoms with E-state index in [2.05, 4.69) is 10.3 Å². The lowest BCUT2D eigenvalue weighted by atomic mass is 10.2. The summed E-state index contributed by atoms with van der Waals surface area (Å²) in [6.07, 6.45) is 0. The molecule has 3 rings (SSSR count). The highest BCUT2D eigenvalue weighted by Crippen LogP contribution is 2.35. The van der Waals surface area contributed by atoms with Crippen LogP contribution in [0, 0.1) is 13.8 Å². The minimum Gasteiger partial charge on any atom is -0.332 e. The highest BCUT2D eigenvalue weighted by Gasteiger charge is 2.21. The molecule has 27 heavy (non-hydrogen) atoms. The van der Waals surface area contributed by atoms with Gasteiger partial charge in [-0.25, -0.2) is 4.98 Å². The Kier molecular flexibility index (Phi) is 5.94. The maximum atomic E-state index is 12.7. The first kappa shape index (κ1) is 19.5. The number of halogens is 1. The van der Waals surface area contributed by atoms with E-state index < -0.39 is 0 Å². The molecule has 8 heteroatoms. The van der Waals surface area contributed by atoms with Crippen LogP contribution in [0.3, 0.4) is 0 Å². The molecule has 2 heterocycles. The van der Waals surface area contributed by atoms with Crippen molar-refractivity contribution in [3.8, 4) is 9.88 Å². The fourth-order valence-electron chi connectivity index (χ4n) is 2.43. The number of anilines is 1. The summed E-state index contributed by atoms with van der Waals surface area (Å²) in [6.45, 7) is 3.74. The predicted octanol–water partition coefficient (Wildman–Crippen LogP) is 4.85. The Balaban J connectivity index is 1.67. The molecule has 140 valence electrons. The summed E-state index contributed by atoms with van der Waals surface area (Å²) < 4.78 is 0.677. The number of hydrogen-bond donors (Lipinski definition) is 1. The van der Waals surface area contributed by atoms with Crippen molar-refractivity contribution in [3.63, 3.8) is 0 Å². The lowest BCUT2D eigenvalue weighted by Gasteiger charge is -2.16. The van der Waals surface area contributed by atoms with Crippen LogP contribution in [0.15, 0.2) is 36.4 Å². The second-order valence-electron chi connectivity index (χ2n) is 6.11. The van der Waals surface area contributed by atoms with E-state index in [0.29, 0.717) is 20.6 Å². The Labute approximate surface area is 170 Å². The second kappa shape index (κ2) is 8.21. The van der Waals surface area contributed by atoms with E-state index >= 15 is 0 Å². The minimum absolute atomic E-state index is 0.0375. The Bertz CT molecular complexity index is 979. The monoisotopic (exact) mass is 419 g/mol. The van der Waals surface area contributed by atoms with Crippen molar-refractivity contribution in [1.82, 2.24) is 9.88 Å². The van der Waals surface area contributed by atoms with E-state index in [0.717, 1.165) is 15.4 Å². The number of rotatable bonds is 5. The maximum absolute atomic E-state index is 12.7. The van der Waals surface area contributed by atoms with Crippen LogP contribution in [0.1, 0.15) is 20.9 Å². The number of hydrogen-bond acceptors (Lipinski definition) is 5. The molecule has 0 aliphatic rings. The third kappa shape index (κ3) is 4.74. The van der Waals surface area contributed by atoms with Gasteiger partial charge in [0.05, 0.1) is 21.5 Å². The van der Waals surface area contributed by atoms with Gasteiger partial charge in [0.25, 0.3) is 5.91 Å². The van der Waals surface area contributed by atoms with Gasteiger partial charge >= 0.3 is 0 Å². The Morgan fingerprint density at radius 1 is 1.11 bits per heavy atom. The molecule has 1 aromatic carbocycles. The first-order valence-corrected chi connectivity index (χ1v) is 10.2. The number of nitrogens with one attached hydrogen (secondary N) is 1. The van der Waals surface area contributed by atoms with Crippen LogP contribution in [-0.2, 0) is 4.79 Å². The SMILES string of the molecule is Cc1ccc(NC(=O)CN(C)C(=O)c2sc(-c3ccc(Cl)s3)nc2C)cc1. The van der Waals surface area contributed by atoms with Gasteiger partial charge in [0.15, 0.2) is 0 Å². The van der Waals surface area contributed by atoms with Crippen molar-refractivity contribution in [2.75, 3.05) is 18.9 Å². The van der Waals surface area contributed by atoms with Crippen molar-refractivity contribution in [2.24, 2.45) is 0 Å². The number of benzene rings is 1. The summed E-state index contributed by atoms with van der Waals surface area (Å²) in [5.74, 6) is -0.472. The van der Waals surface area contributed by atoms with E-state index in [4.69, 9.17) is 11.6 Å². The summed E-state index contributed by atoms with van der Waals surface area (Å²) in [7, 11) is 1.61. The van der Waals surface area contributed by atoms with Gasteiger partial charge in [-0.3, -0.25) is 9.59 Å². The summed E-state index contributed by atoms with van der Waals surface area (Å²) in [5.41, 5.74) is 2.47. The maximum Gasteiger partial charge on any atom is 0.266 e. The van der Waals surface area contributed by atoms with Gasteiger partial charge in [-0.05, 0) is 38.1 Å².